The van der Waals surface area contributed by atoms with E-state index < -0.39 is 63.2 Å². The molecule has 0 bridgehead atoms. The van der Waals surface area contributed by atoms with Crippen molar-refractivity contribution in [2.24, 2.45) is 5.73 Å². The lowest BCUT2D eigenvalue weighted by Gasteiger charge is -2.30. The fraction of sp³-hybridized carbons (Fsp3) is 0.318. The number of fused-ring (bicyclic) bond motifs is 3. The fourth-order valence-corrected chi connectivity index (χ4v) is 4.49. The summed E-state index contributed by atoms with van der Waals surface area (Å²) in [7, 11) is -3.38. The van der Waals surface area contributed by atoms with Gasteiger partial charge in [-0.3, -0.25) is 9.59 Å². The van der Waals surface area contributed by atoms with Crippen molar-refractivity contribution >= 4 is 32.4 Å². The van der Waals surface area contributed by atoms with Crippen molar-refractivity contribution in [2.75, 3.05) is 6.26 Å². The summed E-state index contributed by atoms with van der Waals surface area (Å²) < 4.78 is 133. The normalized spacial score (nSPS) is 17.8. The first kappa shape index (κ1) is 30.1. The smallest absolute Gasteiger partial charge is 0.326 e. The van der Waals surface area contributed by atoms with E-state index in [9.17, 15) is 57.5 Å². The zero-order chi connectivity index (χ0) is 29.7. The molecular formula is C22H16F9N3O4S. The standard InChI is InChI=1S/C18H16F3N3O2S.C4F6O2/c1-27(25,26)9-2-3-16-17(4-9)24-8-15(22)11(6-18(24)23-16)10-5-13(20)14(21)7-12(10)19;5-3(6,7)1(11)2(12)4(8,9)10/h2-5,7,11,15H,6,8,22H2,1H3;/t11?,15-;/m0./s1. The van der Waals surface area contributed by atoms with Gasteiger partial charge in [-0.1, -0.05) is 0 Å². The van der Waals surface area contributed by atoms with Crippen LogP contribution in [-0.2, 0) is 32.4 Å². The molecule has 0 saturated heterocycles. The Bertz CT molecular complexity index is 1540. The van der Waals surface area contributed by atoms with Crippen LogP contribution in [0.4, 0.5) is 39.5 Å². The van der Waals surface area contributed by atoms with Gasteiger partial charge in [-0.2, -0.15) is 26.3 Å². The number of halogens is 9. The minimum atomic E-state index is -5.77. The number of nitrogens with two attached hydrogens (primary N) is 1. The summed E-state index contributed by atoms with van der Waals surface area (Å²) in [5, 5.41) is 0. The molecule has 212 valence electrons. The Kier molecular flexibility index (Phi) is 7.91. The summed E-state index contributed by atoms with van der Waals surface area (Å²) in [4.78, 5) is 23.9. The van der Waals surface area contributed by atoms with Crippen LogP contribution >= 0.6 is 0 Å². The molecule has 0 fully saturated rings. The molecule has 3 aromatic rings. The van der Waals surface area contributed by atoms with E-state index in [0.717, 1.165) is 12.3 Å². The molecule has 1 aromatic heterocycles. The van der Waals surface area contributed by atoms with Crippen molar-refractivity contribution in [3.63, 3.8) is 0 Å². The topological polar surface area (TPSA) is 112 Å². The van der Waals surface area contributed by atoms with E-state index in [1.807, 2.05) is 0 Å². The van der Waals surface area contributed by atoms with Crippen LogP contribution in [0, 0.1) is 17.5 Å². The van der Waals surface area contributed by atoms with Crippen LogP contribution < -0.4 is 5.73 Å². The van der Waals surface area contributed by atoms with Crippen molar-refractivity contribution in [1.29, 1.82) is 0 Å². The van der Waals surface area contributed by atoms with E-state index in [1.165, 1.54) is 12.1 Å². The molecule has 1 unspecified atom stereocenters. The van der Waals surface area contributed by atoms with Gasteiger partial charge in [-0.25, -0.2) is 26.6 Å². The Morgan fingerprint density at radius 3 is 1.97 bits per heavy atom. The van der Waals surface area contributed by atoms with Crippen LogP contribution in [0.3, 0.4) is 0 Å². The van der Waals surface area contributed by atoms with Crippen LogP contribution in [0.15, 0.2) is 35.2 Å². The second-order valence-electron chi connectivity index (χ2n) is 8.48. The number of nitrogens with zero attached hydrogens (tertiary/aromatic N) is 2. The van der Waals surface area contributed by atoms with Crippen molar-refractivity contribution in [1.82, 2.24) is 9.55 Å². The van der Waals surface area contributed by atoms with Crippen molar-refractivity contribution in [3.05, 3.63) is 59.2 Å². The number of imidazole rings is 1. The Labute approximate surface area is 213 Å². The van der Waals surface area contributed by atoms with Gasteiger partial charge >= 0.3 is 23.9 Å². The molecule has 0 spiro atoms. The highest BCUT2D eigenvalue weighted by atomic mass is 32.2. The summed E-state index contributed by atoms with van der Waals surface area (Å²) in [5.74, 6) is -10.0. The summed E-state index contributed by atoms with van der Waals surface area (Å²) in [5.41, 5.74) is 7.43. The fourth-order valence-electron chi connectivity index (χ4n) is 3.85. The molecule has 1 aliphatic rings. The van der Waals surface area contributed by atoms with Gasteiger partial charge in [0.25, 0.3) is 0 Å². The van der Waals surface area contributed by atoms with E-state index in [2.05, 4.69) is 4.98 Å². The second-order valence-corrected chi connectivity index (χ2v) is 10.5. The van der Waals surface area contributed by atoms with Crippen LogP contribution in [0.2, 0.25) is 0 Å². The predicted octanol–water partition coefficient (Wildman–Crippen LogP) is 3.77. The summed E-state index contributed by atoms with van der Waals surface area (Å²) >= 11 is 0. The number of ketones is 2. The number of aromatic nitrogens is 2. The van der Waals surface area contributed by atoms with E-state index in [1.54, 1.807) is 10.6 Å². The van der Waals surface area contributed by atoms with Crippen LogP contribution in [-0.4, -0.2) is 54.2 Å². The van der Waals surface area contributed by atoms with Gasteiger partial charge in [0, 0.05) is 37.2 Å². The number of benzene rings is 2. The first-order valence-corrected chi connectivity index (χ1v) is 12.4. The lowest BCUT2D eigenvalue weighted by Crippen LogP contribution is -2.39. The monoisotopic (exact) mass is 589 g/mol. The number of hydrogen-bond donors (Lipinski definition) is 1. The van der Waals surface area contributed by atoms with Crippen molar-refractivity contribution in [3.8, 4) is 0 Å². The quantitative estimate of drug-likeness (QED) is 0.283. The third-order valence-corrected chi connectivity index (χ3v) is 6.81. The average Bonchev–Trinajstić information content (AvgIpc) is 3.15. The molecule has 0 aliphatic carbocycles. The van der Waals surface area contributed by atoms with Gasteiger partial charge in [-0.05, 0) is 29.8 Å². The molecule has 2 atom stereocenters. The summed E-state index contributed by atoms with van der Waals surface area (Å²) in [6.07, 6.45) is -10.2. The molecule has 0 radical (unpaired) electrons. The number of sulfone groups is 1. The minimum absolute atomic E-state index is 0.0107. The lowest BCUT2D eigenvalue weighted by molar-refractivity contribution is -0.193. The molecule has 39 heavy (non-hydrogen) atoms. The summed E-state index contributed by atoms with van der Waals surface area (Å²) in [6.45, 7) is 0.252. The Morgan fingerprint density at radius 1 is 0.923 bits per heavy atom. The number of rotatable bonds is 3. The van der Waals surface area contributed by atoms with Gasteiger partial charge in [0.15, 0.2) is 21.5 Å². The highest BCUT2D eigenvalue weighted by Crippen LogP contribution is 2.34. The average molecular weight is 589 g/mol. The molecule has 2 heterocycles. The van der Waals surface area contributed by atoms with Gasteiger partial charge in [0.2, 0.25) is 0 Å². The lowest BCUT2D eigenvalue weighted by atomic mass is 9.86. The van der Waals surface area contributed by atoms with Gasteiger partial charge in [0.05, 0.1) is 15.9 Å². The van der Waals surface area contributed by atoms with Crippen molar-refractivity contribution < 1.29 is 57.5 Å². The number of hydrogen-bond acceptors (Lipinski definition) is 6. The maximum atomic E-state index is 14.2. The number of carbonyl (C=O) groups is 2. The molecule has 2 aromatic carbocycles. The molecule has 4 rings (SSSR count). The molecule has 7 nitrogen and oxygen atoms in total. The van der Waals surface area contributed by atoms with Gasteiger partial charge in [0.1, 0.15) is 11.6 Å². The first-order chi connectivity index (χ1) is 17.7. The Morgan fingerprint density at radius 2 is 1.46 bits per heavy atom. The SMILES string of the molecule is CS(=O)(=O)c1ccc2nc3n(c2c1)C[C@H](N)C(c1cc(F)c(F)cc1F)C3.O=C(C(=O)C(F)(F)F)C(F)(F)F. The highest BCUT2D eigenvalue weighted by molar-refractivity contribution is 7.90. The molecular weight excluding hydrogens is 573 g/mol. The third kappa shape index (κ3) is 6.41. The minimum Gasteiger partial charge on any atom is -0.326 e. The highest BCUT2D eigenvalue weighted by Gasteiger charge is 2.54. The first-order valence-electron chi connectivity index (χ1n) is 10.5. The maximum absolute atomic E-state index is 14.2. The molecule has 1 aliphatic heterocycles. The van der Waals surface area contributed by atoms with Crippen LogP contribution in [0.25, 0.3) is 11.0 Å². The summed E-state index contributed by atoms with van der Waals surface area (Å²) in [6, 6.07) is 5.41. The number of carbonyl (C=O) groups excluding carboxylic acids is 2. The molecule has 17 heteroatoms. The van der Waals surface area contributed by atoms with E-state index >= 15 is 0 Å². The Hall–Kier alpha value is -3.47. The molecule has 0 saturated carbocycles. The van der Waals surface area contributed by atoms with Crippen LogP contribution in [0.5, 0.6) is 0 Å². The number of alkyl halides is 6. The zero-order valence-electron chi connectivity index (χ0n) is 19.4. The van der Waals surface area contributed by atoms with Gasteiger partial charge in [-0.15, -0.1) is 0 Å². The van der Waals surface area contributed by atoms with E-state index in [0.29, 0.717) is 22.9 Å². The number of Topliss-reactive ketones (excluding diaryl/α,β-unsaturated/α-hetero) is 2. The predicted molar refractivity (Wildman–Crippen MR) is 116 cm³/mol. The van der Waals surface area contributed by atoms with E-state index in [4.69, 9.17) is 5.73 Å². The maximum Gasteiger partial charge on any atom is 0.458 e. The van der Waals surface area contributed by atoms with Crippen molar-refractivity contribution in [2.45, 2.75) is 42.2 Å². The zero-order valence-corrected chi connectivity index (χ0v) is 20.2. The molecule has 2 N–H and O–H groups in total. The Balaban J connectivity index is 0.000000298. The van der Waals surface area contributed by atoms with Crippen LogP contribution in [0.1, 0.15) is 17.3 Å². The largest absolute Gasteiger partial charge is 0.458 e. The van der Waals surface area contributed by atoms with Gasteiger partial charge < -0.3 is 10.3 Å². The second kappa shape index (κ2) is 10.3. The van der Waals surface area contributed by atoms with E-state index in [-0.39, 0.29) is 23.4 Å². The molecule has 0 amide bonds. The third-order valence-electron chi connectivity index (χ3n) is 5.70.